The maximum Gasteiger partial charge on any atom is 0.163 e. The lowest BCUT2D eigenvalue weighted by atomic mass is 9.92. The Kier molecular flexibility index (Phi) is 8.25. The van der Waals surface area contributed by atoms with Crippen LogP contribution in [0.3, 0.4) is 0 Å². The number of allylic oxidation sites excluding steroid dienone is 1. The summed E-state index contributed by atoms with van der Waals surface area (Å²) in [5.41, 5.74) is 3.28. The first kappa shape index (κ1) is 25.7. The Balaban J connectivity index is 1.59. The molecule has 3 N–H and O–H groups in total. The van der Waals surface area contributed by atoms with E-state index in [1.54, 1.807) is 24.3 Å². The molecule has 0 unspecified atom stereocenters. The predicted octanol–water partition coefficient (Wildman–Crippen LogP) is 4.24. The van der Waals surface area contributed by atoms with Crippen molar-refractivity contribution in [2.24, 2.45) is 0 Å². The quantitative estimate of drug-likeness (QED) is 0.281. The number of aromatic hydroxyl groups is 1. The summed E-state index contributed by atoms with van der Waals surface area (Å²) in [6, 6.07) is 25.7. The molecule has 0 amide bonds. The van der Waals surface area contributed by atoms with Crippen LogP contribution in [0.25, 0.3) is 11.6 Å². The van der Waals surface area contributed by atoms with E-state index in [4.69, 9.17) is 4.74 Å². The van der Waals surface area contributed by atoms with Crippen LogP contribution in [0.5, 0.6) is 11.5 Å². The summed E-state index contributed by atoms with van der Waals surface area (Å²) in [6.45, 7) is -0.575. The van der Waals surface area contributed by atoms with Gasteiger partial charge in [0.05, 0.1) is 18.5 Å². The molecule has 0 aromatic heterocycles. The lowest BCUT2D eigenvalue weighted by molar-refractivity contribution is 0.188. The molecule has 188 valence electrons. The fourth-order valence-electron chi connectivity index (χ4n) is 4.52. The maximum absolute atomic E-state index is 12.8. The molecule has 0 saturated carbocycles. The molecule has 0 spiro atoms. The van der Waals surface area contributed by atoms with Gasteiger partial charge in [0.25, 0.3) is 0 Å². The Hall–Kier alpha value is -3.39. The van der Waals surface area contributed by atoms with Crippen molar-refractivity contribution in [2.45, 2.75) is 24.2 Å². The van der Waals surface area contributed by atoms with Crippen LogP contribution in [0.15, 0.2) is 96.1 Å². The number of rotatable bonds is 10. The summed E-state index contributed by atoms with van der Waals surface area (Å²) in [5.74, 6) is 0.494. The van der Waals surface area contributed by atoms with Crippen LogP contribution in [0.1, 0.15) is 24.0 Å². The second-order valence-electron chi connectivity index (χ2n) is 8.79. The minimum Gasteiger partial charge on any atom is -0.507 e. The van der Waals surface area contributed by atoms with Gasteiger partial charge in [-0.15, -0.1) is 0 Å². The summed E-state index contributed by atoms with van der Waals surface area (Å²) in [4.78, 5) is 0. The van der Waals surface area contributed by atoms with E-state index in [2.05, 4.69) is 0 Å². The molecule has 0 bridgehead atoms. The Morgan fingerprint density at radius 1 is 0.972 bits per heavy atom. The van der Waals surface area contributed by atoms with E-state index in [1.165, 1.54) is 0 Å². The van der Waals surface area contributed by atoms with E-state index in [-0.39, 0.29) is 24.5 Å². The molecular weight excluding hydrogens is 476 g/mol. The molecule has 1 aliphatic heterocycles. The summed E-state index contributed by atoms with van der Waals surface area (Å²) < 4.78 is 31.3. The van der Waals surface area contributed by atoms with Gasteiger partial charge >= 0.3 is 0 Å². The largest absolute Gasteiger partial charge is 0.507 e. The van der Waals surface area contributed by atoms with Gasteiger partial charge < -0.3 is 20.1 Å². The predicted molar refractivity (Wildman–Crippen MR) is 141 cm³/mol. The number of phenolic OH excluding ortho intramolecular Hbond substituents is 1. The van der Waals surface area contributed by atoms with Gasteiger partial charge in [-0.2, -0.15) is 0 Å². The zero-order valence-corrected chi connectivity index (χ0v) is 20.6. The van der Waals surface area contributed by atoms with Crippen LogP contribution in [-0.2, 0) is 9.84 Å². The molecule has 1 heterocycles. The van der Waals surface area contributed by atoms with Crippen LogP contribution >= 0.6 is 0 Å². The van der Waals surface area contributed by atoms with E-state index in [1.807, 2.05) is 66.7 Å². The number of hydrogen-bond donors (Lipinski definition) is 3. The number of ether oxygens (including phenoxy) is 1. The summed E-state index contributed by atoms with van der Waals surface area (Å²) >= 11 is 0. The molecule has 2 atom stereocenters. The monoisotopic (exact) mass is 506 g/mol. The highest BCUT2D eigenvalue weighted by molar-refractivity contribution is 7.92. The van der Waals surface area contributed by atoms with Crippen molar-refractivity contribution in [1.82, 2.24) is 0 Å². The van der Waals surface area contributed by atoms with Gasteiger partial charge in [-0.1, -0.05) is 66.7 Å². The van der Waals surface area contributed by atoms with E-state index in [0.717, 1.165) is 11.1 Å². The molecule has 1 aliphatic rings. The average Bonchev–Trinajstić information content (AvgIpc) is 3.16. The van der Waals surface area contributed by atoms with Gasteiger partial charge in [0, 0.05) is 5.56 Å². The molecule has 0 radical (unpaired) electrons. The fourth-order valence-corrected chi connectivity index (χ4v) is 6.39. The van der Waals surface area contributed by atoms with Crippen molar-refractivity contribution in [2.75, 3.05) is 19.0 Å². The smallest absolute Gasteiger partial charge is 0.163 e. The Morgan fingerprint density at radius 2 is 1.61 bits per heavy atom. The molecule has 6 nitrogen and oxygen atoms in total. The van der Waals surface area contributed by atoms with Crippen molar-refractivity contribution in [3.63, 3.8) is 0 Å². The van der Waals surface area contributed by atoms with Crippen LogP contribution < -0.4 is 4.74 Å². The standard InChI is InChI=1S/C29H30O6S/c30-18-28-29(24(20-36(28,33)34)19-35-25-12-5-2-6-13-25)27(32)16-15-22(21-9-3-1-4-10-21)17-23-11-7-8-14-26(23)31/h1-14,17,27-28,30-32H,15-16,18-20H2/b22-17-/t27-,28+/m1/s1. The number of aliphatic hydroxyl groups excluding tert-OH is 2. The highest BCUT2D eigenvalue weighted by Crippen LogP contribution is 2.34. The molecule has 0 fully saturated rings. The Labute approximate surface area is 211 Å². The number of para-hydroxylation sites is 2. The molecular formula is C29H30O6S. The second kappa shape index (κ2) is 11.6. The van der Waals surface area contributed by atoms with Gasteiger partial charge in [-0.05, 0) is 59.4 Å². The van der Waals surface area contributed by atoms with Gasteiger partial charge in [0.1, 0.15) is 23.4 Å². The molecule has 36 heavy (non-hydrogen) atoms. The number of hydrogen-bond acceptors (Lipinski definition) is 6. The van der Waals surface area contributed by atoms with Gasteiger partial charge in [-0.3, -0.25) is 0 Å². The van der Waals surface area contributed by atoms with Crippen LogP contribution in [-0.4, -0.2) is 54.1 Å². The molecule has 4 rings (SSSR count). The number of aliphatic hydroxyl groups is 2. The van der Waals surface area contributed by atoms with Crippen molar-refractivity contribution in [3.05, 3.63) is 107 Å². The SMILES string of the molecule is O=S1(=O)CC(COc2ccccc2)=C([C@H](O)CC/C(=C/c2ccccc2O)c2ccccc2)[C@@H]1CO. The van der Waals surface area contributed by atoms with Gasteiger partial charge in [0.2, 0.25) is 0 Å². The van der Waals surface area contributed by atoms with Gasteiger partial charge in [-0.25, -0.2) is 8.42 Å². The molecule has 7 heteroatoms. The van der Waals surface area contributed by atoms with Crippen molar-refractivity contribution in [1.29, 1.82) is 0 Å². The highest BCUT2D eigenvalue weighted by atomic mass is 32.2. The first-order valence-corrected chi connectivity index (χ1v) is 13.5. The Morgan fingerprint density at radius 3 is 2.28 bits per heavy atom. The molecule has 0 aliphatic carbocycles. The maximum atomic E-state index is 12.8. The third-order valence-corrected chi connectivity index (χ3v) is 8.36. The minimum absolute atomic E-state index is 0.0193. The fraction of sp³-hybridized carbons (Fsp3) is 0.241. The number of benzene rings is 3. The number of phenols is 1. The van der Waals surface area contributed by atoms with Crippen molar-refractivity contribution >= 4 is 21.5 Å². The topological polar surface area (TPSA) is 104 Å². The van der Waals surface area contributed by atoms with Crippen LogP contribution in [0.4, 0.5) is 0 Å². The van der Waals surface area contributed by atoms with Crippen molar-refractivity contribution < 1.29 is 28.5 Å². The summed E-state index contributed by atoms with van der Waals surface area (Å²) in [7, 11) is -3.64. The van der Waals surface area contributed by atoms with E-state index in [9.17, 15) is 23.7 Å². The average molecular weight is 507 g/mol. The summed E-state index contributed by atoms with van der Waals surface area (Å²) in [5, 5.41) is 30.2. The lowest BCUT2D eigenvalue weighted by Gasteiger charge is -2.20. The zero-order chi connectivity index (χ0) is 25.5. The van der Waals surface area contributed by atoms with Crippen molar-refractivity contribution in [3.8, 4) is 11.5 Å². The molecule has 3 aromatic carbocycles. The highest BCUT2D eigenvalue weighted by Gasteiger charge is 2.41. The van der Waals surface area contributed by atoms with Gasteiger partial charge in [0.15, 0.2) is 9.84 Å². The third kappa shape index (κ3) is 6.05. The molecule has 0 saturated heterocycles. The lowest BCUT2D eigenvalue weighted by Crippen LogP contribution is -2.29. The first-order chi connectivity index (χ1) is 17.4. The van der Waals surface area contributed by atoms with Crippen LogP contribution in [0.2, 0.25) is 0 Å². The minimum atomic E-state index is -3.64. The second-order valence-corrected chi connectivity index (χ2v) is 11.0. The van der Waals surface area contributed by atoms with E-state index < -0.39 is 27.8 Å². The Bertz CT molecular complexity index is 1330. The van der Waals surface area contributed by atoms with Crippen LogP contribution in [0, 0.1) is 0 Å². The third-order valence-electron chi connectivity index (χ3n) is 6.34. The summed E-state index contributed by atoms with van der Waals surface area (Å²) in [6.07, 6.45) is 1.46. The zero-order valence-electron chi connectivity index (χ0n) is 19.8. The van der Waals surface area contributed by atoms with E-state index >= 15 is 0 Å². The molecule has 3 aromatic rings. The normalized spacial score (nSPS) is 18.3. The van der Waals surface area contributed by atoms with E-state index in [0.29, 0.717) is 28.9 Å². The number of sulfone groups is 1. The first-order valence-electron chi connectivity index (χ1n) is 11.8.